The number of carboxylic acid groups (broad SMARTS) is 1. The van der Waals surface area contributed by atoms with Crippen molar-refractivity contribution >= 4 is 34.1 Å². The van der Waals surface area contributed by atoms with Crippen LogP contribution in [0.25, 0.3) is 10.8 Å². The average molecular weight is 346 g/mol. The summed E-state index contributed by atoms with van der Waals surface area (Å²) >= 11 is 0. The van der Waals surface area contributed by atoms with Crippen LogP contribution < -0.4 is 4.74 Å². The summed E-state index contributed by atoms with van der Waals surface area (Å²) in [4.78, 5) is 22.5. The van der Waals surface area contributed by atoms with Crippen LogP contribution in [0, 0.1) is 0 Å². The van der Waals surface area contributed by atoms with E-state index in [1.807, 2.05) is 6.07 Å². The van der Waals surface area contributed by atoms with Crippen molar-refractivity contribution in [2.24, 2.45) is 10.2 Å². The molecule has 0 amide bonds. The number of azo groups is 1. The first-order valence-electron chi connectivity index (χ1n) is 7.69. The van der Waals surface area contributed by atoms with Gasteiger partial charge in [-0.2, -0.15) is 5.11 Å². The molecule has 0 aliphatic carbocycles. The maximum atomic E-state index is 11.3. The number of aromatic carboxylic acids is 1. The van der Waals surface area contributed by atoms with Crippen molar-refractivity contribution < 1.29 is 19.4 Å². The molecule has 0 aromatic heterocycles. The monoisotopic (exact) mass is 346 g/mol. The standard InChI is InChI=1S/C20H14N2O4/c1-2-19(23)26-14-9-7-13(8-10-14)21-22-18-12-11-17(20(24)25)15-5-3-4-6-16(15)18/h2-12H,1H2,(H,24,25). The molecule has 0 aliphatic rings. The fourth-order valence-corrected chi connectivity index (χ4v) is 2.41. The number of carbonyl (C=O) groups is 2. The van der Waals surface area contributed by atoms with Gasteiger partial charge in [0.2, 0.25) is 0 Å². The maximum Gasteiger partial charge on any atom is 0.336 e. The Kier molecular flexibility index (Phi) is 4.85. The van der Waals surface area contributed by atoms with Gasteiger partial charge in [0.1, 0.15) is 5.75 Å². The normalized spacial score (nSPS) is 10.8. The number of carbonyl (C=O) groups excluding carboxylic acids is 1. The van der Waals surface area contributed by atoms with E-state index in [9.17, 15) is 14.7 Å². The van der Waals surface area contributed by atoms with Crippen LogP contribution in [0.1, 0.15) is 10.4 Å². The Hall–Kier alpha value is -3.80. The van der Waals surface area contributed by atoms with Gasteiger partial charge >= 0.3 is 11.9 Å². The number of nitrogens with zero attached hydrogens (tertiary/aromatic N) is 2. The quantitative estimate of drug-likeness (QED) is 0.303. The molecule has 0 fully saturated rings. The summed E-state index contributed by atoms with van der Waals surface area (Å²) in [5, 5.41) is 19.0. The Morgan fingerprint density at radius 1 is 0.923 bits per heavy atom. The number of benzene rings is 3. The molecule has 0 saturated heterocycles. The Morgan fingerprint density at radius 2 is 1.62 bits per heavy atom. The van der Waals surface area contributed by atoms with Crippen LogP contribution in [0.15, 0.2) is 83.5 Å². The zero-order chi connectivity index (χ0) is 18.5. The fourth-order valence-electron chi connectivity index (χ4n) is 2.41. The smallest absolute Gasteiger partial charge is 0.336 e. The van der Waals surface area contributed by atoms with Gasteiger partial charge in [-0.05, 0) is 41.8 Å². The van der Waals surface area contributed by atoms with Gasteiger partial charge < -0.3 is 9.84 Å². The molecule has 3 rings (SSSR count). The summed E-state index contributed by atoms with van der Waals surface area (Å²) in [6.07, 6.45) is 1.08. The lowest BCUT2D eigenvalue weighted by Crippen LogP contribution is -2.02. The molecule has 6 nitrogen and oxygen atoms in total. The van der Waals surface area contributed by atoms with Crippen LogP contribution in [-0.4, -0.2) is 17.0 Å². The second kappa shape index (κ2) is 7.40. The summed E-state index contributed by atoms with van der Waals surface area (Å²) in [5.41, 5.74) is 1.34. The third kappa shape index (κ3) is 3.64. The second-order valence-electron chi connectivity index (χ2n) is 5.30. The van der Waals surface area contributed by atoms with Crippen LogP contribution in [0.4, 0.5) is 11.4 Å². The Labute approximate surface area is 149 Å². The molecule has 0 saturated carbocycles. The summed E-state index contributed by atoms with van der Waals surface area (Å²) in [5.74, 6) is -1.15. The molecule has 0 atom stereocenters. The van der Waals surface area contributed by atoms with Crippen molar-refractivity contribution in [2.75, 3.05) is 0 Å². The number of rotatable bonds is 5. The zero-order valence-electron chi connectivity index (χ0n) is 13.6. The molecular weight excluding hydrogens is 332 g/mol. The van der Waals surface area contributed by atoms with Crippen LogP contribution in [-0.2, 0) is 4.79 Å². The Bertz CT molecular complexity index is 1020. The van der Waals surface area contributed by atoms with E-state index >= 15 is 0 Å². The largest absolute Gasteiger partial charge is 0.478 e. The lowest BCUT2D eigenvalue weighted by atomic mass is 10.0. The van der Waals surface area contributed by atoms with Crippen molar-refractivity contribution in [1.82, 2.24) is 0 Å². The highest BCUT2D eigenvalue weighted by Gasteiger charge is 2.10. The third-order valence-electron chi connectivity index (χ3n) is 3.63. The van der Waals surface area contributed by atoms with Crippen molar-refractivity contribution in [1.29, 1.82) is 0 Å². The predicted octanol–water partition coefficient (Wildman–Crippen LogP) is 5.04. The molecule has 128 valence electrons. The minimum atomic E-state index is -0.991. The molecule has 3 aromatic carbocycles. The molecule has 3 aromatic rings. The van der Waals surface area contributed by atoms with Gasteiger partial charge in [0.05, 0.1) is 16.9 Å². The summed E-state index contributed by atoms with van der Waals surface area (Å²) in [7, 11) is 0. The summed E-state index contributed by atoms with van der Waals surface area (Å²) in [6.45, 7) is 3.33. The molecule has 1 N–H and O–H groups in total. The Balaban J connectivity index is 1.89. The van der Waals surface area contributed by atoms with E-state index < -0.39 is 11.9 Å². The fraction of sp³-hybridized carbons (Fsp3) is 0. The lowest BCUT2D eigenvalue weighted by molar-refractivity contribution is -0.128. The van der Waals surface area contributed by atoms with Crippen LogP contribution in [0.5, 0.6) is 5.75 Å². The van der Waals surface area contributed by atoms with Gasteiger partial charge in [-0.1, -0.05) is 30.8 Å². The van der Waals surface area contributed by atoms with Crippen molar-refractivity contribution in [3.05, 3.63) is 78.9 Å². The molecule has 0 aliphatic heterocycles. The first-order chi connectivity index (χ1) is 12.6. The maximum absolute atomic E-state index is 11.3. The number of ether oxygens (including phenoxy) is 1. The summed E-state index contributed by atoms with van der Waals surface area (Å²) in [6, 6.07) is 16.8. The SMILES string of the molecule is C=CC(=O)Oc1ccc(N=Nc2ccc(C(=O)O)c3ccccc23)cc1. The van der Waals surface area contributed by atoms with Gasteiger partial charge in [-0.3, -0.25) is 0 Å². The highest BCUT2D eigenvalue weighted by atomic mass is 16.5. The van der Waals surface area contributed by atoms with Gasteiger partial charge in [-0.15, -0.1) is 5.11 Å². The first kappa shape index (κ1) is 17.0. The molecular formula is C20H14N2O4. The average Bonchev–Trinajstić information content (AvgIpc) is 2.66. The summed E-state index contributed by atoms with van der Waals surface area (Å²) < 4.78 is 4.99. The number of esters is 1. The lowest BCUT2D eigenvalue weighted by Gasteiger charge is -2.05. The Morgan fingerprint density at radius 3 is 2.27 bits per heavy atom. The van der Waals surface area contributed by atoms with Gasteiger partial charge in [0.25, 0.3) is 0 Å². The third-order valence-corrected chi connectivity index (χ3v) is 3.63. The highest BCUT2D eigenvalue weighted by Crippen LogP contribution is 2.30. The predicted molar refractivity (Wildman–Crippen MR) is 97.4 cm³/mol. The minimum Gasteiger partial charge on any atom is -0.478 e. The highest BCUT2D eigenvalue weighted by molar-refractivity contribution is 6.07. The van der Waals surface area contributed by atoms with Gasteiger partial charge in [0, 0.05) is 11.5 Å². The second-order valence-corrected chi connectivity index (χ2v) is 5.30. The van der Waals surface area contributed by atoms with E-state index in [0.717, 1.165) is 6.08 Å². The van der Waals surface area contributed by atoms with Crippen molar-refractivity contribution in [2.45, 2.75) is 0 Å². The molecule has 6 heteroatoms. The molecule has 26 heavy (non-hydrogen) atoms. The van der Waals surface area contributed by atoms with E-state index in [0.29, 0.717) is 27.9 Å². The van der Waals surface area contributed by atoms with E-state index in [1.54, 1.807) is 48.5 Å². The zero-order valence-corrected chi connectivity index (χ0v) is 13.6. The van der Waals surface area contributed by atoms with E-state index in [4.69, 9.17) is 4.74 Å². The van der Waals surface area contributed by atoms with E-state index in [-0.39, 0.29) is 5.56 Å². The number of fused-ring (bicyclic) bond motifs is 1. The number of hydrogen-bond acceptors (Lipinski definition) is 5. The van der Waals surface area contributed by atoms with E-state index in [2.05, 4.69) is 16.8 Å². The van der Waals surface area contributed by atoms with Crippen LogP contribution in [0.2, 0.25) is 0 Å². The molecule has 0 bridgehead atoms. The number of carboxylic acids is 1. The molecule has 0 heterocycles. The molecule has 0 radical (unpaired) electrons. The van der Waals surface area contributed by atoms with Crippen molar-refractivity contribution in [3.63, 3.8) is 0 Å². The minimum absolute atomic E-state index is 0.216. The number of hydrogen-bond donors (Lipinski definition) is 1. The van der Waals surface area contributed by atoms with Gasteiger partial charge in [-0.25, -0.2) is 9.59 Å². The molecule has 0 unspecified atom stereocenters. The van der Waals surface area contributed by atoms with Crippen LogP contribution >= 0.6 is 0 Å². The first-order valence-corrected chi connectivity index (χ1v) is 7.69. The van der Waals surface area contributed by atoms with Crippen molar-refractivity contribution in [3.8, 4) is 5.75 Å². The van der Waals surface area contributed by atoms with Gasteiger partial charge in [0.15, 0.2) is 0 Å². The van der Waals surface area contributed by atoms with Crippen LogP contribution in [0.3, 0.4) is 0 Å². The molecule has 0 spiro atoms. The van der Waals surface area contributed by atoms with E-state index in [1.165, 1.54) is 6.07 Å². The topological polar surface area (TPSA) is 88.3 Å².